The minimum Gasteiger partial charge on any atom is -0.379 e. The summed E-state index contributed by atoms with van der Waals surface area (Å²) in [5.74, 6) is -0.793. The summed E-state index contributed by atoms with van der Waals surface area (Å²) in [4.78, 5) is 30.9. The molecule has 2 fully saturated rings. The van der Waals surface area contributed by atoms with Crippen LogP contribution in [0.25, 0.3) is 0 Å². The highest BCUT2D eigenvalue weighted by Crippen LogP contribution is 2.12. The number of hydrogen-bond acceptors (Lipinski definition) is 7. The molecule has 3 heterocycles. The van der Waals surface area contributed by atoms with Crippen LogP contribution in [0.15, 0.2) is 18.2 Å². The van der Waals surface area contributed by atoms with E-state index in [2.05, 4.69) is 20.5 Å². The van der Waals surface area contributed by atoms with Crippen molar-refractivity contribution in [3.8, 4) is 0 Å². The number of morpholine rings is 1. The Kier molecular flexibility index (Phi) is 6.40. The molecule has 1 atom stereocenters. The standard InChI is InChI=1S/C17H24N4O5S/c22-16(18-5-6-21-7-9-26-10-8-21)14-2-1-3-15(20-14)17(23)19-13-4-11-27(24,25)12-13/h1-3,13H,4-12H2,(H,18,22)(H,19,23). The summed E-state index contributed by atoms with van der Waals surface area (Å²) in [6.45, 7) is 4.31. The molecule has 2 aliphatic heterocycles. The fourth-order valence-corrected chi connectivity index (χ4v) is 4.77. The Morgan fingerprint density at radius 1 is 1.19 bits per heavy atom. The number of nitrogens with one attached hydrogen (secondary N) is 2. The molecular weight excluding hydrogens is 372 g/mol. The number of rotatable bonds is 6. The van der Waals surface area contributed by atoms with E-state index in [0.717, 1.165) is 19.6 Å². The first kappa shape index (κ1) is 19.7. The Morgan fingerprint density at radius 3 is 2.56 bits per heavy atom. The molecule has 0 radical (unpaired) electrons. The van der Waals surface area contributed by atoms with Crippen LogP contribution in [0, 0.1) is 0 Å². The number of hydrogen-bond donors (Lipinski definition) is 2. The molecule has 0 aliphatic carbocycles. The molecule has 0 aromatic carbocycles. The molecule has 1 unspecified atom stereocenters. The van der Waals surface area contributed by atoms with Crippen molar-refractivity contribution >= 4 is 21.7 Å². The zero-order valence-electron chi connectivity index (χ0n) is 15.0. The monoisotopic (exact) mass is 396 g/mol. The summed E-state index contributed by atoms with van der Waals surface area (Å²) in [6.07, 6.45) is 0.399. The van der Waals surface area contributed by atoms with Crippen molar-refractivity contribution in [1.29, 1.82) is 0 Å². The molecule has 1 aromatic heterocycles. The molecule has 3 rings (SSSR count). The third-order valence-corrected chi connectivity index (χ3v) is 6.37. The lowest BCUT2D eigenvalue weighted by Gasteiger charge is -2.26. The first-order valence-corrected chi connectivity index (χ1v) is 10.8. The van der Waals surface area contributed by atoms with Gasteiger partial charge in [0.25, 0.3) is 11.8 Å². The maximum atomic E-state index is 12.3. The number of carbonyl (C=O) groups excluding carboxylic acids is 2. The van der Waals surface area contributed by atoms with Gasteiger partial charge in [-0.3, -0.25) is 14.5 Å². The smallest absolute Gasteiger partial charge is 0.270 e. The molecule has 2 amide bonds. The molecule has 10 heteroatoms. The maximum absolute atomic E-state index is 12.3. The molecule has 1 aromatic rings. The van der Waals surface area contributed by atoms with Crippen molar-refractivity contribution in [3.05, 3.63) is 29.6 Å². The summed E-state index contributed by atoms with van der Waals surface area (Å²) < 4.78 is 28.3. The van der Waals surface area contributed by atoms with Gasteiger partial charge >= 0.3 is 0 Å². The van der Waals surface area contributed by atoms with E-state index in [9.17, 15) is 18.0 Å². The highest BCUT2D eigenvalue weighted by atomic mass is 32.2. The van der Waals surface area contributed by atoms with Crippen LogP contribution in [-0.4, -0.2) is 87.1 Å². The topological polar surface area (TPSA) is 118 Å². The van der Waals surface area contributed by atoms with Crippen molar-refractivity contribution in [2.45, 2.75) is 12.5 Å². The van der Waals surface area contributed by atoms with Crippen molar-refractivity contribution in [2.75, 3.05) is 50.9 Å². The number of pyridine rings is 1. The summed E-state index contributed by atoms with van der Waals surface area (Å²) in [7, 11) is -3.08. The molecule has 2 saturated heterocycles. The zero-order chi connectivity index (χ0) is 19.3. The summed E-state index contributed by atoms with van der Waals surface area (Å²) >= 11 is 0. The first-order chi connectivity index (χ1) is 12.9. The fourth-order valence-electron chi connectivity index (χ4n) is 3.10. The van der Waals surface area contributed by atoms with Gasteiger partial charge in [-0.1, -0.05) is 6.07 Å². The molecule has 0 saturated carbocycles. The lowest BCUT2D eigenvalue weighted by atomic mass is 10.2. The average molecular weight is 396 g/mol. The molecule has 2 aliphatic rings. The third kappa shape index (κ3) is 5.72. The molecule has 27 heavy (non-hydrogen) atoms. The minimum atomic E-state index is -3.08. The van der Waals surface area contributed by atoms with Gasteiger partial charge in [0, 0.05) is 32.2 Å². The number of ether oxygens (including phenoxy) is 1. The van der Waals surface area contributed by atoms with Crippen LogP contribution >= 0.6 is 0 Å². The van der Waals surface area contributed by atoms with Crippen molar-refractivity contribution in [1.82, 2.24) is 20.5 Å². The van der Waals surface area contributed by atoms with Crippen LogP contribution in [0.4, 0.5) is 0 Å². The van der Waals surface area contributed by atoms with Gasteiger partial charge in [-0.25, -0.2) is 13.4 Å². The van der Waals surface area contributed by atoms with E-state index in [1.165, 1.54) is 6.07 Å². The van der Waals surface area contributed by atoms with Gasteiger partial charge in [0.2, 0.25) is 0 Å². The molecule has 148 valence electrons. The van der Waals surface area contributed by atoms with E-state index in [4.69, 9.17) is 4.74 Å². The fraction of sp³-hybridized carbons (Fsp3) is 0.588. The third-order valence-electron chi connectivity index (χ3n) is 4.60. The predicted octanol–water partition coefficient (Wildman–Crippen LogP) is -0.939. The molecule has 0 spiro atoms. The molecule has 0 bridgehead atoms. The number of sulfone groups is 1. The van der Waals surface area contributed by atoms with E-state index in [1.807, 2.05) is 0 Å². The van der Waals surface area contributed by atoms with Crippen LogP contribution in [0.3, 0.4) is 0 Å². The zero-order valence-corrected chi connectivity index (χ0v) is 15.8. The number of nitrogens with zero attached hydrogens (tertiary/aromatic N) is 2. The Labute approximate surface area is 158 Å². The quantitative estimate of drug-likeness (QED) is 0.637. The van der Waals surface area contributed by atoms with Gasteiger partial charge in [0.15, 0.2) is 9.84 Å². The average Bonchev–Trinajstić information content (AvgIpc) is 3.01. The van der Waals surface area contributed by atoms with Gasteiger partial charge in [-0.2, -0.15) is 0 Å². The van der Waals surface area contributed by atoms with Gasteiger partial charge in [0.05, 0.1) is 24.7 Å². The second-order valence-corrected chi connectivity index (χ2v) is 8.92. The van der Waals surface area contributed by atoms with E-state index in [0.29, 0.717) is 26.2 Å². The van der Waals surface area contributed by atoms with E-state index < -0.39 is 21.8 Å². The molecular formula is C17H24N4O5S. The van der Waals surface area contributed by atoms with E-state index >= 15 is 0 Å². The highest BCUT2D eigenvalue weighted by molar-refractivity contribution is 7.91. The van der Waals surface area contributed by atoms with Crippen LogP contribution in [-0.2, 0) is 14.6 Å². The van der Waals surface area contributed by atoms with Crippen molar-refractivity contribution < 1.29 is 22.7 Å². The van der Waals surface area contributed by atoms with Crippen molar-refractivity contribution in [3.63, 3.8) is 0 Å². The second-order valence-electron chi connectivity index (χ2n) is 6.69. The second kappa shape index (κ2) is 8.77. The van der Waals surface area contributed by atoms with Gasteiger partial charge in [0.1, 0.15) is 11.4 Å². The normalized spacial score (nSPS) is 22.3. The minimum absolute atomic E-state index is 0.0551. The van der Waals surface area contributed by atoms with Gasteiger partial charge < -0.3 is 15.4 Å². The number of aromatic nitrogens is 1. The van der Waals surface area contributed by atoms with Crippen LogP contribution in [0.5, 0.6) is 0 Å². The summed E-state index contributed by atoms with van der Waals surface area (Å²) in [6, 6.07) is 4.23. The lowest BCUT2D eigenvalue weighted by Crippen LogP contribution is -2.41. The SMILES string of the molecule is O=C(NCCN1CCOCC1)c1cccc(C(=O)NC2CCS(=O)(=O)C2)n1. The lowest BCUT2D eigenvalue weighted by molar-refractivity contribution is 0.0383. The first-order valence-electron chi connectivity index (χ1n) is 8.99. The van der Waals surface area contributed by atoms with Crippen LogP contribution in [0.1, 0.15) is 27.4 Å². The number of carbonyl (C=O) groups is 2. The summed E-state index contributed by atoms with van der Waals surface area (Å²) in [5, 5.41) is 5.47. The van der Waals surface area contributed by atoms with Crippen LogP contribution in [0.2, 0.25) is 0 Å². The largest absolute Gasteiger partial charge is 0.379 e. The highest BCUT2D eigenvalue weighted by Gasteiger charge is 2.29. The van der Waals surface area contributed by atoms with Crippen molar-refractivity contribution in [2.24, 2.45) is 0 Å². The summed E-state index contributed by atoms with van der Waals surface area (Å²) in [5.41, 5.74) is 0.254. The maximum Gasteiger partial charge on any atom is 0.270 e. The Morgan fingerprint density at radius 2 is 1.89 bits per heavy atom. The van der Waals surface area contributed by atoms with Gasteiger partial charge in [-0.15, -0.1) is 0 Å². The Bertz CT molecular complexity index is 792. The Hall–Kier alpha value is -2.04. The van der Waals surface area contributed by atoms with E-state index in [1.54, 1.807) is 12.1 Å². The van der Waals surface area contributed by atoms with Gasteiger partial charge in [-0.05, 0) is 18.6 Å². The van der Waals surface area contributed by atoms with E-state index in [-0.39, 0.29) is 28.8 Å². The van der Waals surface area contributed by atoms with Crippen LogP contribution < -0.4 is 10.6 Å². The number of amides is 2. The molecule has 2 N–H and O–H groups in total. The predicted molar refractivity (Wildman–Crippen MR) is 98.4 cm³/mol. The molecule has 9 nitrogen and oxygen atoms in total. The Balaban J connectivity index is 1.51.